The highest BCUT2D eigenvalue weighted by Crippen LogP contribution is 2.22. The first-order valence-electron chi connectivity index (χ1n) is 10.9. The largest absolute Gasteiger partial charge is 0.452 e. The molecule has 1 aromatic heterocycles. The molecule has 0 unspecified atom stereocenters. The van der Waals surface area contributed by atoms with Crippen LogP contribution in [0.4, 0.5) is 5.69 Å². The van der Waals surface area contributed by atoms with Gasteiger partial charge < -0.3 is 19.1 Å². The number of hydrogen-bond acceptors (Lipinski definition) is 4. The van der Waals surface area contributed by atoms with Gasteiger partial charge in [0.1, 0.15) is 0 Å². The predicted octanol–water partition coefficient (Wildman–Crippen LogP) is 3.91. The van der Waals surface area contributed by atoms with Crippen LogP contribution in [-0.4, -0.2) is 54.1 Å². The van der Waals surface area contributed by atoms with Gasteiger partial charge in [-0.15, -0.1) is 0 Å². The predicted molar refractivity (Wildman–Crippen MR) is 125 cm³/mol. The smallest absolute Gasteiger partial charge is 0.340 e. The highest BCUT2D eigenvalue weighted by molar-refractivity contribution is 5.93. The van der Waals surface area contributed by atoms with Crippen molar-refractivity contribution in [3.05, 3.63) is 83.2 Å². The van der Waals surface area contributed by atoms with E-state index in [1.54, 1.807) is 4.90 Å². The summed E-state index contributed by atoms with van der Waals surface area (Å²) in [7, 11) is 0. The molecule has 1 aliphatic rings. The summed E-state index contributed by atoms with van der Waals surface area (Å²) in [6.45, 7) is 8.43. The Labute approximate surface area is 189 Å². The van der Waals surface area contributed by atoms with E-state index < -0.39 is 5.97 Å². The molecular formula is C26H29N3O3. The van der Waals surface area contributed by atoms with Crippen molar-refractivity contribution >= 4 is 17.6 Å². The Morgan fingerprint density at radius 1 is 0.844 bits per heavy atom. The fourth-order valence-corrected chi connectivity index (χ4v) is 4.28. The van der Waals surface area contributed by atoms with Crippen LogP contribution < -0.4 is 4.90 Å². The Balaban J connectivity index is 1.35. The van der Waals surface area contributed by atoms with Crippen LogP contribution in [0.5, 0.6) is 0 Å². The molecule has 0 saturated carbocycles. The van der Waals surface area contributed by atoms with E-state index in [0.29, 0.717) is 18.7 Å². The monoisotopic (exact) mass is 431 g/mol. The van der Waals surface area contributed by atoms with Gasteiger partial charge in [0.05, 0.1) is 5.56 Å². The fourth-order valence-electron chi connectivity index (χ4n) is 4.28. The summed E-state index contributed by atoms with van der Waals surface area (Å²) in [4.78, 5) is 29.4. The molecular weight excluding hydrogens is 402 g/mol. The SMILES string of the molecule is Cc1cccc(-n2c(C)cc(C(=O)OCC(=O)N3CCN(c4ccccc4)CC3)c2C)c1. The number of esters is 1. The van der Waals surface area contributed by atoms with Crippen molar-refractivity contribution in [1.29, 1.82) is 0 Å². The summed E-state index contributed by atoms with van der Waals surface area (Å²) < 4.78 is 7.44. The molecule has 1 amide bonds. The topological polar surface area (TPSA) is 54.8 Å². The van der Waals surface area contributed by atoms with Gasteiger partial charge in [0.25, 0.3) is 5.91 Å². The highest BCUT2D eigenvalue weighted by Gasteiger charge is 2.24. The summed E-state index contributed by atoms with van der Waals surface area (Å²) in [5.41, 5.74) is 5.56. The van der Waals surface area contributed by atoms with Crippen LogP contribution >= 0.6 is 0 Å². The van der Waals surface area contributed by atoms with Gasteiger partial charge >= 0.3 is 5.97 Å². The summed E-state index contributed by atoms with van der Waals surface area (Å²) >= 11 is 0. The molecule has 0 spiro atoms. The Morgan fingerprint density at radius 3 is 2.22 bits per heavy atom. The second-order valence-electron chi connectivity index (χ2n) is 8.24. The van der Waals surface area contributed by atoms with Crippen LogP contribution in [0.3, 0.4) is 0 Å². The van der Waals surface area contributed by atoms with Crippen LogP contribution in [-0.2, 0) is 9.53 Å². The van der Waals surface area contributed by atoms with Gasteiger partial charge in [0.15, 0.2) is 6.61 Å². The lowest BCUT2D eigenvalue weighted by Gasteiger charge is -2.36. The molecule has 6 heteroatoms. The van der Waals surface area contributed by atoms with Gasteiger partial charge in [-0.2, -0.15) is 0 Å². The lowest BCUT2D eigenvalue weighted by Crippen LogP contribution is -2.49. The average molecular weight is 432 g/mol. The van der Waals surface area contributed by atoms with Gasteiger partial charge in [0, 0.05) is 48.9 Å². The molecule has 6 nitrogen and oxygen atoms in total. The fraction of sp³-hybridized carbons (Fsp3) is 0.308. The molecule has 166 valence electrons. The minimum Gasteiger partial charge on any atom is -0.452 e. The first-order chi connectivity index (χ1) is 15.4. The van der Waals surface area contributed by atoms with E-state index in [9.17, 15) is 9.59 Å². The van der Waals surface area contributed by atoms with Crippen LogP contribution in [0.2, 0.25) is 0 Å². The number of ether oxygens (including phenoxy) is 1. The van der Waals surface area contributed by atoms with Crippen molar-refractivity contribution < 1.29 is 14.3 Å². The number of para-hydroxylation sites is 1. The Kier molecular flexibility index (Phi) is 6.30. The molecule has 4 rings (SSSR count). The van der Waals surface area contributed by atoms with Gasteiger partial charge in [-0.05, 0) is 56.7 Å². The highest BCUT2D eigenvalue weighted by atomic mass is 16.5. The molecule has 0 radical (unpaired) electrons. The van der Waals surface area contributed by atoms with Crippen LogP contribution in [0.15, 0.2) is 60.7 Å². The van der Waals surface area contributed by atoms with Crippen LogP contribution in [0.25, 0.3) is 5.69 Å². The van der Waals surface area contributed by atoms with Crippen molar-refractivity contribution in [2.75, 3.05) is 37.7 Å². The van der Waals surface area contributed by atoms with Crippen molar-refractivity contribution in [3.8, 4) is 5.69 Å². The number of carbonyl (C=O) groups is 2. The molecule has 2 heterocycles. The number of anilines is 1. The summed E-state index contributed by atoms with van der Waals surface area (Å²) in [6, 6.07) is 20.1. The number of aryl methyl sites for hydroxylation is 2. The third-order valence-corrected chi connectivity index (χ3v) is 5.99. The molecule has 1 saturated heterocycles. The number of nitrogens with zero attached hydrogens (tertiary/aromatic N) is 3. The first-order valence-corrected chi connectivity index (χ1v) is 10.9. The maximum absolute atomic E-state index is 12.7. The number of piperazine rings is 1. The lowest BCUT2D eigenvalue weighted by molar-refractivity contribution is -0.134. The summed E-state index contributed by atoms with van der Waals surface area (Å²) in [5.74, 6) is -0.619. The molecule has 0 N–H and O–H groups in total. The maximum Gasteiger partial charge on any atom is 0.340 e. The molecule has 1 aliphatic heterocycles. The standard InChI is InChI=1S/C26H29N3O3/c1-19-8-7-11-23(16-19)29-20(2)17-24(21(29)3)26(31)32-18-25(30)28-14-12-27(13-15-28)22-9-5-4-6-10-22/h4-11,16-17H,12-15,18H2,1-3H3. The van der Waals surface area contributed by atoms with E-state index in [1.165, 1.54) is 0 Å². The molecule has 1 fully saturated rings. The molecule has 0 aliphatic carbocycles. The summed E-state index contributed by atoms with van der Waals surface area (Å²) in [6.07, 6.45) is 0. The zero-order chi connectivity index (χ0) is 22.7. The lowest BCUT2D eigenvalue weighted by atomic mass is 10.2. The van der Waals surface area contributed by atoms with E-state index in [2.05, 4.69) is 23.1 Å². The number of carbonyl (C=O) groups excluding carboxylic acids is 2. The van der Waals surface area contributed by atoms with E-state index >= 15 is 0 Å². The Morgan fingerprint density at radius 2 is 1.53 bits per heavy atom. The molecule has 0 bridgehead atoms. The van der Waals surface area contributed by atoms with E-state index in [-0.39, 0.29) is 12.5 Å². The Bertz CT molecular complexity index is 1110. The van der Waals surface area contributed by atoms with Gasteiger partial charge in [-0.1, -0.05) is 30.3 Å². The van der Waals surface area contributed by atoms with Crippen molar-refractivity contribution in [2.24, 2.45) is 0 Å². The zero-order valence-corrected chi connectivity index (χ0v) is 18.9. The second-order valence-corrected chi connectivity index (χ2v) is 8.24. The third kappa shape index (κ3) is 4.54. The number of rotatable bonds is 5. The summed E-state index contributed by atoms with van der Waals surface area (Å²) in [5, 5.41) is 0. The van der Waals surface area contributed by atoms with Gasteiger partial charge in [0.2, 0.25) is 0 Å². The first kappa shape index (κ1) is 21.7. The van der Waals surface area contributed by atoms with Gasteiger partial charge in [-0.3, -0.25) is 4.79 Å². The second kappa shape index (κ2) is 9.30. The number of amides is 1. The van der Waals surface area contributed by atoms with E-state index in [0.717, 1.165) is 41.4 Å². The maximum atomic E-state index is 12.7. The number of benzene rings is 2. The normalized spacial score (nSPS) is 13.8. The van der Waals surface area contributed by atoms with Crippen LogP contribution in [0.1, 0.15) is 27.3 Å². The van der Waals surface area contributed by atoms with E-state index in [4.69, 9.17) is 4.74 Å². The minimum atomic E-state index is -0.465. The average Bonchev–Trinajstić information content (AvgIpc) is 3.11. The zero-order valence-electron chi connectivity index (χ0n) is 18.9. The van der Waals surface area contributed by atoms with Crippen molar-refractivity contribution in [3.63, 3.8) is 0 Å². The minimum absolute atomic E-state index is 0.154. The van der Waals surface area contributed by atoms with Crippen molar-refractivity contribution in [1.82, 2.24) is 9.47 Å². The molecule has 2 aromatic carbocycles. The number of hydrogen-bond donors (Lipinski definition) is 0. The van der Waals surface area contributed by atoms with Crippen LogP contribution in [0, 0.1) is 20.8 Å². The third-order valence-electron chi connectivity index (χ3n) is 5.99. The van der Waals surface area contributed by atoms with E-state index in [1.807, 2.05) is 67.8 Å². The molecule has 0 atom stereocenters. The molecule has 3 aromatic rings. The van der Waals surface area contributed by atoms with Gasteiger partial charge in [-0.25, -0.2) is 4.79 Å². The Hall–Kier alpha value is -3.54. The quantitative estimate of drug-likeness (QED) is 0.575. The number of aromatic nitrogens is 1. The van der Waals surface area contributed by atoms with Crippen molar-refractivity contribution in [2.45, 2.75) is 20.8 Å². The molecule has 32 heavy (non-hydrogen) atoms.